The molecule has 0 amide bonds. The van der Waals surface area contributed by atoms with Crippen LogP contribution in [0.2, 0.25) is 0 Å². The van der Waals surface area contributed by atoms with Crippen molar-refractivity contribution in [2.45, 2.75) is 0 Å². The van der Waals surface area contributed by atoms with Crippen molar-refractivity contribution in [3.8, 4) is 0 Å². The van der Waals surface area contributed by atoms with Gasteiger partial charge in [0.15, 0.2) is 0 Å². The summed E-state index contributed by atoms with van der Waals surface area (Å²) in [5.41, 5.74) is 0. The summed E-state index contributed by atoms with van der Waals surface area (Å²) in [6.45, 7) is 0. The molecular formula is C9H9NO4S. The van der Waals surface area contributed by atoms with E-state index in [1.54, 1.807) is 0 Å². The first kappa shape index (κ1) is 11.6. The van der Waals surface area contributed by atoms with Gasteiger partial charge in [0.05, 0.1) is 0 Å². The van der Waals surface area contributed by atoms with Gasteiger partial charge in [-0.15, -0.1) is 0 Å². The van der Waals surface area contributed by atoms with E-state index in [9.17, 15) is 0 Å². The van der Waals surface area contributed by atoms with Crippen LogP contribution in [0, 0.1) is 0 Å². The Morgan fingerprint density at radius 3 is 2.07 bits per heavy atom. The van der Waals surface area contributed by atoms with Crippen LogP contribution >= 0.6 is 0 Å². The fraction of sp³-hybridized carbons (Fsp3) is 0. The second-order valence-electron chi connectivity index (χ2n) is 2.67. The van der Waals surface area contributed by atoms with Crippen LogP contribution in [0.4, 0.5) is 0 Å². The van der Waals surface area contributed by atoms with Crippen LogP contribution in [-0.2, 0) is 10.4 Å². The van der Waals surface area contributed by atoms with E-state index in [0.29, 0.717) is 0 Å². The molecule has 1 aromatic heterocycles. The first-order chi connectivity index (χ1) is 6.97. The lowest BCUT2D eigenvalue weighted by Crippen LogP contribution is -1.89. The molecule has 0 aliphatic carbocycles. The van der Waals surface area contributed by atoms with Gasteiger partial charge < -0.3 is 0 Å². The van der Waals surface area contributed by atoms with Gasteiger partial charge in [0.25, 0.3) is 0 Å². The zero-order chi connectivity index (χ0) is 11.3. The van der Waals surface area contributed by atoms with Crippen molar-refractivity contribution >= 4 is 21.2 Å². The Kier molecular flexibility index (Phi) is 3.73. The van der Waals surface area contributed by atoms with Crippen molar-refractivity contribution in [1.82, 2.24) is 4.98 Å². The highest BCUT2D eigenvalue weighted by molar-refractivity contribution is 7.79. The van der Waals surface area contributed by atoms with E-state index in [4.69, 9.17) is 17.5 Å². The highest BCUT2D eigenvalue weighted by Gasteiger charge is 1.86. The minimum Gasteiger partial charge on any atom is -0.264 e. The maximum Gasteiger partial charge on any atom is 0.394 e. The third-order valence-electron chi connectivity index (χ3n) is 1.55. The molecule has 0 bridgehead atoms. The Balaban J connectivity index is 0.000000195. The van der Waals surface area contributed by atoms with Gasteiger partial charge in [-0.3, -0.25) is 14.1 Å². The molecule has 1 aromatic carbocycles. The molecule has 0 unspecified atom stereocenters. The molecule has 0 saturated carbocycles. The summed E-state index contributed by atoms with van der Waals surface area (Å²) in [5, 5.41) is 2.45. The van der Waals surface area contributed by atoms with Gasteiger partial charge in [-0.2, -0.15) is 8.42 Å². The molecule has 2 rings (SSSR count). The molecule has 0 radical (unpaired) electrons. The third kappa shape index (κ3) is 5.06. The zero-order valence-corrected chi connectivity index (χ0v) is 8.42. The molecule has 80 valence electrons. The SMILES string of the molecule is O=S(=O)(O)O.c1ccc2cnccc2c1. The van der Waals surface area contributed by atoms with Crippen LogP contribution in [0.3, 0.4) is 0 Å². The molecule has 0 aliphatic rings. The Morgan fingerprint density at radius 1 is 1.00 bits per heavy atom. The summed E-state index contributed by atoms with van der Waals surface area (Å²) in [7, 11) is -4.67. The zero-order valence-electron chi connectivity index (χ0n) is 7.61. The number of hydrogen-bond acceptors (Lipinski definition) is 3. The van der Waals surface area contributed by atoms with Gasteiger partial charge in [-0.25, -0.2) is 0 Å². The Labute approximate surface area is 87.0 Å². The van der Waals surface area contributed by atoms with Crippen molar-refractivity contribution < 1.29 is 17.5 Å². The maximum atomic E-state index is 8.74. The molecule has 0 fully saturated rings. The van der Waals surface area contributed by atoms with E-state index in [-0.39, 0.29) is 0 Å². The average molecular weight is 227 g/mol. The smallest absolute Gasteiger partial charge is 0.264 e. The van der Waals surface area contributed by atoms with Crippen LogP contribution in [0.15, 0.2) is 42.7 Å². The van der Waals surface area contributed by atoms with Crippen LogP contribution in [0.1, 0.15) is 0 Å². The first-order valence-corrected chi connectivity index (χ1v) is 5.35. The summed E-state index contributed by atoms with van der Waals surface area (Å²) in [4.78, 5) is 4.01. The van der Waals surface area contributed by atoms with Crippen molar-refractivity contribution in [2.75, 3.05) is 0 Å². The summed E-state index contributed by atoms with van der Waals surface area (Å²) in [6.07, 6.45) is 3.68. The predicted octanol–water partition coefficient (Wildman–Crippen LogP) is 1.58. The van der Waals surface area contributed by atoms with Crippen molar-refractivity contribution in [3.63, 3.8) is 0 Å². The van der Waals surface area contributed by atoms with E-state index >= 15 is 0 Å². The van der Waals surface area contributed by atoms with Gasteiger partial charge >= 0.3 is 10.4 Å². The lowest BCUT2D eigenvalue weighted by Gasteiger charge is -1.91. The number of hydrogen-bond donors (Lipinski definition) is 2. The van der Waals surface area contributed by atoms with Crippen LogP contribution in [-0.4, -0.2) is 22.5 Å². The monoisotopic (exact) mass is 227 g/mol. The van der Waals surface area contributed by atoms with Crippen LogP contribution in [0.25, 0.3) is 10.8 Å². The second kappa shape index (κ2) is 4.83. The molecule has 1 heterocycles. The molecule has 2 N–H and O–H groups in total. The third-order valence-corrected chi connectivity index (χ3v) is 1.55. The summed E-state index contributed by atoms with van der Waals surface area (Å²) in [5.74, 6) is 0. The average Bonchev–Trinajstić information content (AvgIpc) is 2.16. The molecule has 0 atom stereocenters. The number of pyridine rings is 1. The molecule has 0 spiro atoms. The minimum atomic E-state index is -4.67. The summed E-state index contributed by atoms with van der Waals surface area (Å²) >= 11 is 0. The van der Waals surface area contributed by atoms with E-state index in [1.165, 1.54) is 10.8 Å². The molecule has 2 aromatic rings. The van der Waals surface area contributed by atoms with Crippen molar-refractivity contribution in [3.05, 3.63) is 42.7 Å². The number of rotatable bonds is 0. The Hall–Kier alpha value is -1.50. The highest BCUT2D eigenvalue weighted by atomic mass is 32.3. The largest absolute Gasteiger partial charge is 0.394 e. The molecule has 0 aliphatic heterocycles. The molecular weight excluding hydrogens is 218 g/mol. The van der Waals surface area contributed by atoms with Gasteiger partial charge in [-0.05, 0) is 16.8 Å². The highest BCUT2D eigenvalue weighted by Crippen LogP contribution is 2.09. The van der Waals surface area contributed by atoms with E-state index in [2.05, 4.69) is 17.1 Å². The lowest BCUT2D eigenvalue weighted by molar-refractivity contribution is 0.381. The summed E-state index contributed by atoms with van der Waals surface area (Å²) < 4.78 is 31.6. The number of benzene rings is 1. The second-order valence-corrected chi connectivity index (χ2v) is 3.57. The van der Waals surface area contributed by atoms with E-state index in [0.717, 1.165) is 0 Å². The van der Waals surface area contributed by atoms with Gasteiger partial charge in [0, 0.05) is 12.4 Å². The predicted molar refractivity (Wildman–Crippen MR) is 55.9 cm³/mol. The normalized spacial score (nSPS) is 10.5. The minimum absolute atomic E-state index is 1.20. The van der Waals surface area contributed by atoms with Crippen molar-refractivity contribution in [2.24, 2.45) is 0 Å². The first-order valence-electron chi connectivity index (χ1n) is 3.95. The number of fused-ring (bicyclic) bond motifs is 1. The Bertz CT molecular complexity index is 465. The molecule has 5 nitrogen and oxygen atoms in total. The topological polar surface area (TPSA) is 87.5 Å². The number of nitrogens with zero attached hydrogens (tertiary/aromatic N) is 1. The Morgan fingerprint density at radius 2 is 1.53 bits per heavy atom. The summed E-state index contributed by atoms with van der Waals surface area (Å²) in [6, 6.07) is 10.2. The standard InChI is InChI=1S/C9H7N.H2O4S/c1-2-4-9-7-10-6-5-8(9)3-1;1-5(2,3)4/h1-7H;(H2,1,2,3,4). The van der Waals surface area contributed by atoms with E-state index < -0.39 is 10.4 Å². The van der Waals surface area contributed by atoms with Gasteiger partial charge in [0.1, 0.15) is 0 Å². The lowest BCUT2D eigenvalue weighted by atomic mass is 10.2. The quantitative estimate of drug-likeness (QED) is 0.667. The van der Waals surface area contributed by atoms with Crippen LogP contribution in [0.5, 0.6) is 0 Å². The fourth-order valence-electron chi connectivity index (χ4n) is 1.03. The molecule has 15 heavy (non-hydrogen) atoms. The number of aromatic nitrogens is 1. The van der Waals surface area contributed by atoms with E-state index in [1.807, 2.05) is 30.6 Å². The molecule has 6 heteroatoms. The van der Waals surface area contributed by atoms with Gasteiger partial charge in [0.2, 0.25) is 0 Å². The van der Waals surface area contributed by atoms with Crippen LogP contribution < -0.4 is 0 Å². The maximum absolute atomic E-state index is 8.74. The fourth-order valence-corrected chi connectivity index (χ4v) is 1.03. The van der Waals surface area contributed by atoms with Gasteiger partial charge in [-0.1, -0.05) is 24.3 Å². The van der Waals surface area contributed by atoms with Crippen molar-refractivity contribution in [1.29, 1.82) is 0 Å². The molecule has 0 saturated heterocycles.